The quantitative estimate of drug-likeness (QED) is 0.462. The minimum Gasteiger partial charge on any atom is -0.306 e. The molecule has 8 heteroatoms. The molecule has 0 bridgehead atoms. The average Bonchev–Trinajstić information content (AvgIpc) is 2.81. The number of H-pyrrole nitrogens is 1. The third-order valence-electron chi connectivity index (χ3n) is 5.70. The zero-order chi connectivity index (χ0) is 22.9. The highest BCUT2D eigenvalue weighted by molar-refractivity contribution is 6.30. The van der Waals surface area contributed by atoms with Crippen molar-refractivity contribution in [2.45, 2.75) is 19.5 Å². The molecule has 2 aromatic heterocycles. The molecule has 0 unspecified atom stereocenters. The van der Waals surface area contributed by atoms with Crippen molar-refractivity contribution in [2.75, 3.05) is 6.54 Å². The standard InChI is InChI=1S/C25H19ClF2N4O/c26-17-4-2-16(3-5-17)24-30-23-9-10-32(14-20(23)25(33)31-24)13-15-1-8-22(29-12-15)19-7-6-18(27)11-21(19)28/h1-8,11-12H,9-10,13-14H2,(H,30,31,33). The summed E-state index contributed by atoms with van der Waals surface area (Å²) in [7, 11) is 0. The zero-order valence-electron chi connectivity index (χ0n) is 17.5. The van der Waals surface area contributed by atoms with Gasteiger partial charge < -0.3 is 4.98 Å². The Morgan fingerprint density at radius 2 is 1.88 bits per heavy atom. The van der Waals surface area contributed by atoms with E-state index < -0.39 is 11.6 Å². The second-order valence-corrected chi connectivity index (χ2v) is 8.42. The number of nitrogens with one attached hydrogen (secondary N) is 1. The lowest BCUT2D eigenvalue weighted by Gasteiger charge is -2.27. The van der Waals surface area contributed by atoms with Gasteiger partial charge in [0.2, 0.25) is 0 Å². The van der Waals surface area contributed by atoms with Crippen LogP contribution in [0.2, 0.25) is 5.02 Å². The molecule has 1 aliphatic rings. The summed E-state index contributed by atoms with van der Waals surface area (Å²) in [5, 5.41) is 0.625. The van der Waals surface area contributed by atoms with Crippen molar-refractivity contribution in [3.8, 4) is 22.6 Å². The average molecular weight is 465 g/mol. The van der Waals surface area contributed by atoms with Crippen LogP contribution in [0.1, 0.15) is 16.8 Å². The van der Waals surface area contributed by atoms with E-state index in [1.165, 1.54) is 12.1 Å². The highest BCUT2D eigenvalue weighted by Gasteiger charge is 2.22. The van der Waals surface area contributed by atoms with E-state index in [0.29, 0.717) is 41.6 Å². The second-order valence-electron chi connectivity index (χ2n) is 7.98. The monoisotopic (exact) mass is 464 g/mol. The molecule has 0 atom stereocenters. The van der Waals surface area contributed by atoms with Crippen LogP contribution in [0.4, 0.5) is 8.78 Å². The lowest BCUT2D eigenvalue weighted by Crippen LogP contribution is -2.35. The number of rotatable bonds is 4. The fraction of sp³-hybridized carbons (Fsp3) is 0.160. The van der Waals surface area contributed by atoms with Crippen molar-refractivity contribution in [3.05, 3.63) is 105 Å². The van der Waals surface area contributed by atoms with E-state index in [-0.39, 0.29) is 11.1 Å². The van der Waals surface area contributed by atoms with Crippen LogP contribution in [0.3, 0.4) is 0 Å². The van der Waals surface area contributed by atoms with Gasteiger partial charge >= 0.3 is 0 Å². The smallest absolute Gasteiger partial charge is 0.255 e. The number of benzene rings is 2. The first kappa shape index (κ1) is 21.4. The van der Waals surface area contributed by atoms with Crippen LogP contribution in [0.15, 0.2) is 65.6 Å². The second kappa shape index (κ2) is 8.84. The van der Waals surface area contributed by atoms with Crippen molar-refractivity contribution < 1.29 is 8.78 Å². The van der Waals surface area contributed by atoms with E-state index in [1.807, 2.05) is 18.2 Å². The van der Waals surface area contributed by atoms with E-state index in [9.17, 15) is 13.6 Å². The molecule has 0 aliphatic carbocycles. The number of pyridine rings is 1. The van der Waals surface area contributed by atoms with E-state index in [1.54, 1.807) is 24.4 Å². The fourth-order valence-electron chi connectivity index (χ4n) is 3.99. The van der Waals surface area contributed by atoms with Crippen LogP contribution in [-0.4, -0.2) is 26.4 Å². The Hall–Kier alpha value is -3.42. The lowest BCUT2D eigenvalue weighted by atomic mass is 10.1. The Morgan fingerprint density at radius 3 is 2.61 bits per heavy atom. The number of hydrogen-bond acceptors (Lipinski definition) is 4. The van der Waals surface area contributed by atoms with Crippen molar-refractivity contribution in [2.24, 2.45) is 0 Å². The number of aromatic nitrogens is 3. The molecule has 0 fully saturated rings. The molecule has 166 valence electrons. The van der Waals surface area contributed by atoms with Crippen LogP contribution >= 0.6 is 11.6 Å². The van der Waals surface area contributed by atoms with Crippen molar-refractivity contribution >= 4 is 11.6 Å². The number of hydrogen-bond donors (Lipinski definition) is 1. The number of halogens is 3. The lowest BCUT2D eigenvalue weighted by molar-refractivity contribution is 0.241. The van der Waals surface area contributed by atoms with Gasteiger partial charge in [0.25, 0.3) is 5.56 Å². The molecule has 0 saturated carbocycles. The largest absolute Gasteiger partial charge is 0.306 e. The van der Waals surface area contributed by atoms with Crippen molar-refractivity contribution in [1.29, 1.82) is 0 Å². The molecule has 4 aromatic rings. The van der Waals surface area contributed by atoms with Gasteiger partial charge in [-0.3, -0.25) is 14.7 Å². The molecular formula is C25H19ClF2N4O. The third-order valence-corrected chi connectivity index (χ3v) is 5.96. The van der Waals surface area contributed by atoms with Gasteiger partial charge in [0, 0.05) is 54.5 Å². The third kappa shape index (κ3) is 4.55. The first-order chi connectivity index (χ1) is 16.0. The predicted molar refractivity (Wildman–Crippen MR) is 123 cm³/mol. The Morgan fingerprint density at radius 1 is 1.06 bits per heavy atom. The molecule has 0 radical (unpaired) electrons. The van der Waals surface area contributed by atoms with E-state index >= 15 is 0 Å². The summed E-state index contributed by atoms with van der Waals surface area (Å²) in [6.07, 6.45) is 2.34. The summed E-state index contributed by atoms with van der Waals surface area (Å²) >= 11 is 5.95. The molecule has 0 saturated heterocycles. The summed E-state index contributed by atoms with van der Waals surface area (Å²) in [5.74, 6) is -0.729. The summed E-state index contributed by atoms with van der Waals surface area (Å²) in [6.45, 7) is 1.82. The Kier molecular flexibility index (Phi) is 5.74. The maximum atomic E-state index is 14.0. The van der Waals surface area contributed by atoms with Crippen molar-refractivity contribution in [1.82, 2.24) is 19.9 Å². The molecule has 5 rings (SSSR count). The molecular weight excluding hydrogens is 446 g/mol. The van der Waals surface area contributed by atoms with Gasteiger partial charge in [-0.2, -0.15) is 0 Å². The van der Waals surface area contributed by atoms with Crippen LogP contribution < -0.4 is 5.56 Å². The minimum atomic E-state index is -0.646. The summed E-state index contributed by atoms with van der Waals surface area (Å²) in [6, 6.07) is 14.2. The van der Waals surface area contributed by atoms with E-state index in [0.717, 1.165) is 29.4 Å². The Bertz CT molecular complexity index is 1370. The highest BCUT2D eigenvalue weighted by atomic mass is 35.5. The molecule has 5 nitrogen and oxygen atoms in total. The van der Waals surface area contributed by atoms with Gasteiger partial charge in [0.05, 0.1) is 17.0 Å². The number of aromatic amines is 1. The molecule has 1 N–H and O–H groups in total. The number of fused-ring (bicyclic) bond motifs is 1. The minimum absolute atomic E-state index is 0.144. The van der Waals surface area contributed by atoms with Gasteiger partial charge in [-0.15, -0.1) is 0 Å². The maximum Gasteiger partial charge on any atom is 0.255 e. The highest BCUT2D eigenvalue weighted by Crippen LogP contribution is 2.24. The van der Waals surface area contributed by atoms with Crippen LogP contribution in [0.5, 0.6) is 0 Å². The van der Waals surface area contributed by atoms with Gasteiger partial charge in [0.15, 0.2) is 0 Å². The number of nitrogens with zero attached hydrogens (tertiary/aromatic N) is 3. The maximum absolute atomic E-state index is 14.0. The van der Waals surface area contributed by atoms with E-state index in [2.05, 4.69) is 19.9 Å². The molecule has 2 aromatic carbocycles. The van der Waals surface area contributed by atoms with Crippen LogP contribution in [-0.2, 0) is 19.5 Å². The Labute approximate surface area is 193 Å². The SMILES string of the molecule is O=c1[nH]c(-c2ccc(Cl)cc2)nc2c1CN(Cc1ccc(-c3ccc(F)cc3F)nc1)CC2. The Balaban J connectivity index is 1.31. The van der Waals surface area contributed by atoms with Gasteiger partial charge in [-0.05, 0) is 48.0 Å². The van der Waals surface area contributed by atoms with Gasteiger partial charge in [-0.1, -0.05) is 17.7 Å². The zero-order valence-corrected chi connectivity index (χ0v) is 18.2. The normalized spacial score (nSPS) is 13.7. The topological polar surface area (TPSA) is 61.9 Å². The van der Waals surface area contributed by atoms with Gasteiger partial charge in [-0.25, -0.2) is 13.8 Å². The van der Waals surface area contributed by atoms with Gasteiger partial charge in [0.1, 0.15) is 17.5 Å². The molecule has 3 heterocycles. The molecule has 0 spiro atoms. The summed E-state index contributed by atoms with van der Waals surface area (Å²) < 4.78 is 27.2. The first-order valence-electron chi connectivity index (χ1n) is 10.5. The summed E-state index contributed by atoms with van der Waals surface area (Å²) in [5.41, 5.74) is 3.77. The van der Waals surface area contributed by atoms with Crippen LogP contribution in [0, 0.1) is 11.6 Å². The predicted octanol–water partition coefficient (Wildman–Crippen LogP) is 4.99. The molecule has 1 aliphatic heterocycles. The summed E-state index contributed by atoms with van der Waals surface area (Å²) in [4.78, 5) is 26.8. The molecule has 33 heavy (non-hydrogen) atoms. The first-order valence-corrected chi connectivity index (χ1v) is 10.8. The van der Waals surface area contributed by atoms with E-state index in [4.69, 9.17) is 11.6 Å². The molecule has 0 amide bonds. The fourth-order valence-corrected chi connectivity index (χ4v) is 4.12. The van der Waals surface area contributed by atoms with Crippen molar-refractivity contribution in [3.63, 3.8) is 0 Å². The van der Waals surface area contributed by atoms with Crippen LogP contribution in [0.25, 0.3) is 22.6 Å².